The Morgan fingerprint density at radius 2 is 2.00 bits per heavy atom. The molecule has 7 heteroatoms. The smallest absolute Gasteiger partial charge is 0.252 e. The molecule has 19 heavy (non-hydrogen) atoms. The normalized spacial score (nSPS) is 10.2. The van der Waals surface area contributed by atoms with Gasteiger partial charge in [0.1, 0.15) is 5.82 Å². The van der Waals surface area contributed by atoms with E-state index in [-0.39, 0.29) is 11.4 Å². The molecule has 2 aromatic rings. The maximum absolute atomic E-state index is 11.3. The lowest BCUT2D eigenvalue weighted by atomic mass is 10.2. The van der Waals surface area contributed by atoms with Crippen molar-refractivity contribution in [3.05, 3.63) is 46.1 Å². The predicted octanol–water partition coefficient (Wildman–Crippen LogP) is 2.81. The van der Waals surface area contributed by atoms with Gasteiger partial charge in [-0.3, -0.25) is 4.79 Å². The number of aromatic nitrogens is 1. The highest BCUT2D eigenvalue weighted by molar-refractivity contribution is 6.35. The van der Waals surface area contributed by atoms with Crippen LogP contribution in [0.5, 0.6) is 0 Å². The number of pyridine rings is 1. The average molecular weight is 297 g/mol. The summed E-state index contributed by atoms with van der Waals surface area (Å²) in [5.74, 6) is -0.369. The number of benzene rings is 1. The summed E-state index contributed by atoms with van der Waals surface area (Å²) >= 11 is 11.9. The second kappa shape index (κ2) is 5.34. The number of nitrogen functional groups attached to an aromatic ring is 1. The van der Waals surface area contributed by atoms with Crippen LogP contribution in [0.1, 0.15) is 10.4 Å². The molecular formula is C12H10Cl2N4O. The van der Waals surface area contributed by atoms with Crippen molar-refractivity contribution < 1.29 is 4.79 Å². The fraction of sp³-hybridized carbons (Fsp3) is 0. The van der Waals surface area contributed by atoms with Crippen molar-refractivity contribution in [3.8, 4) is 0 Å². The number of carbonyl (C=O) groups is 1. The average Bonchev–Trinajstić information content (AvgIpc) is 2.35. The number of nitrogens with one attached hydrogen (secondary N) is 1. The van der Waals surface area contributed by atoms with Gasteiger partial charge in [0.25, 0.3) is 5.91 Å². The first-order chi connectivity index (χ1) is 8.97. The topological polar surface area (TPSA) is 94.0 Å². The molecule has 0 aliphatic carbocycles. The zero-order valence-electron chi connectivity index (χ0n) is 9.65. The van der Waals surface area contributed by atoms with E-state index in [1.165, 1.54) is 12.3 Å². The molecule has 0 saturated carbocycles. The van der Waals surface area contributed by atoms with Gasteiger partial charge < -0.3 is 16.8 Å². The molecule has 0 unspecified atom stereocenters. The van der Waals surface area contributed by atoms with Gasteiger partial charge in [-0.25, -0.2) is 4.98 Å². The lowest BCUT2D eigenvalue weighted by Gasteiger charge is -2.11. The Morgan fingerprint density at radius 3 is 2.68 bits per heavy atom. The third kappa shape index (κ3) is 3.07. The lowest BCUT2D eigenvalue weighted by molar-refractivity contribution is 0.100. The monoisotopic (exact) mass is 296 g/mol. The molecule has 98 valence electrons. The molecule has 5 N–H and O–H groups in total. The van der Waals surface area contributed by atoms with E-state index >= 15 is 0 Å². The van der Waals surface area contributed by atoms with Crippen LogP contribution in [-0.2, 0) is 0 Å². The van der Waals surface area contributed by atoms with Crippen LogP contribution in [0.4, 0.5) is 17.2 Å². The van der Waals surface area contributed by atoms with E-state index in [0.29, 0.717) is 21.4 Å². The zero-order valence-corrected chi connectivity index (χ0v) is 11.2. The summed E-state index contributed by atoms with van der Waals surface area (Å²) in [4.78, 5) is 15.4. The number of hydrogen-bond donors (Lipinski definition) is 3. The highest BCUT2D eigenvalue weighted by Crippen LogP contribution is 2.29. The molecule has 1 aromatic heterocycles. The van der Waals surface area contributed by atoms with Crippen LogP contribution in [0.25, 0.3) is 0 Å². The quantitative estimate of drug-likeness (QED) is 0.812. The van der Waals surface area contributed by atoms with E-state index in [1.807, 2.05) is 0 Å². The molecule has 1 heterocycles. The van der Waals surface area contributed by atoms with Crippen LogP contribution in [0, 0.1) is 0 Å². The van der Waals surface area contributed by atoms with Crippen molar-refractivity contribution in [2.24, 2.45) is 5.73 Å². The molecule has 0 spiro atoms. The number of primary amides is 1. The first-order valence-electron chi connectivity index (χ1n) is 5.25. The molecule has 0 aliphatic heterocycles. The number of nitrogens with two attached hydrogens (primary N) is 2. The van der Waals surface area contributed by atoms with Crippen LogP contribution in [-0.4, -0.2) is 10.9 Å². The predicted molar refractivity (Wildman–Crippen MR) is 76.9 cm³/mol. The molecule has 5 nitrogen and oxygen atoms in total. The minimum atomic E-state index is -0.638. The van der Waals surface area contributed by atoms with Gasteiger partial charge in [-0.1, -0.05) is 23.2 Å². The Morgan fingerprint density at radius 1 is 1.26 bits per heavy atom. The minimum absolute atomic E-state index is 0.177. The number of halogens is 2. The van der Waals surface area contributed by atoms with Crippen LogP contribution in [0.3, 0.4) is 0 Å². The van der Waals surface area contributed by atoms with Crippen LogP contribution >= 0.6 is 23.2 Å². The number of nitrogens with zero attached hydrogens (tertiary/aromatic N) is 1. The van der Waals surface area contributed by atoms with Crippen molar-refractivity contribution in [1.29, 1.82) is 0 Å². The van der Waals surface area contributed by atoms with E-state index in [0.717, 1.165) is 0 Å². The lowest BCUT2D eigenvalue weighted by Crippen LogP contribution is -2.14. The van der Waals surface area contributed by atoms with Crippen molar-refractivity contribution in [2.75, 3.05) is 11.1 Å². The molecular weight excluding hydrogens is 287 g/mol. The highest BCUT2D eigenvalue weighted by atomic mass is 35.5. The maximum Gasteiger partial charge on any atom is 0.252 e. The first-order valence-corrected chi connectivity index (χ1v) is 6.00. The van der Waals surface area contributed by atoms with Gasteiger partial charge in [0.2, 0.25) is 0 Å². The van der Waals surface area contributed by atoms with E-state index in [9.17, 15) is 4.79 Å². The maximum atomic E-state index is 11.3. The van der Waals surface area contributed by atoms with Crippen LogP contribution in [0.15, 0.2) is 30.5 Å². The standard InChI is InChI=1S/C12H10Cl2N4O/c13-6-1-2-9(14)10(3-6)18-12-8(11(16)19)4-7(15)5-17-12/h1-5H,15H2,(H2,16,19)(H,17,18). The summed E-state index contributed by atoms with van der Waals surface area (Å²) in [6.45, 7) is 0. The Balaban J connectivity index is 2.43. The number of anilines is 3. The summed E-state index contributed by atoms with van der Waals surface area (Å²) in [6, 6.07) is 6.34. The highest BCUT2D eigenvalue weighted by Gasteiger charge is 2.12. The van der Waals surface area contributed by atoms with E-state index < -0.39 is 5.91 Å². The van der Waals surface area contributed by atoms with Gasteiger partial charge in [0, 0.05) is 5.02 Å². The Labute approximate surface area is 119 Å². The Hall–Kier alpha value is -1.98. The summed E-state index contributed by atoms with van der Waals surface area (Å²) in [5, 5.41) is 3.85. The molecule has 1 aromatic carbocycles. The molecule has 0 bridgehead atoms. The van der Waals surface area contributed by atoms with Gasteiger partial charge in [-0.05, 0) is 24.3 Å². The molecule has 0 fully saturated rings. The SMILES string of the molecule is NC(=O)c1cc(N)cnc1Nc1cc(Cl)ccc1Cl. The van der Waals surface area contributed by atoms with Crippen molar-refractivity contribution >= 4 is 46.3 Å². The third-order valence-electron chi connectivity index (χ3n) is 2.36. The first kappa shape index (κ1) is 13.5. The zero-order chi connectivity index (χ0) is 14.0. The van der Waals surface area contributed by atoms with Crippen molar-refractivity contribution in [2.45, 2.75) is 0 Å². The van der Waals surface area contributed by atoms with E-state index in [2.05, 4.69) is 10.3 Å². The van der Waals surface area contributed by atoms with Gasteiger partial charge in [0.15, 0.2) is 0 Å². The molecule has 0 radical (unpaired) electrons. The van der Waals surface area contributed by atoms with Crippen molar-refractivity contribution in [3.63, 3.8) is 0 Å². The van der Waals surface area contributed by atoms with Crippen LogP contribution < -0.4 is 16.8 Å². The molecule has 2 rings (SSSR count). The van der Waals surface area contributed by atoms with E-state index in [1.54, 1.807) is 18.2 Å². The van der Waals surface area contributed by atoms with Gasteiger partial charge in [-0.15, -0.1) is 0 Å². The fourth-order valence-corrected chi connectivity index (χ4v) is 1.83. The van der Waals surface area contributed by atoms with Gasteiger partial charge >= 0.3 is 0 Å². The number of hydrogen-bond acceptors (Lipinski definition) is 4. The summed E-state index contributed by atoms with van der Waals surface area (Å²) in [5.41, 5.74) is 11.9. The Bertz CT molecular complexity index is 646. The number of amides is 1. The summed E-state index contributed by atoms with van der Waals surface area (Å²) in [7, 11) is 0. The minimum Gasteiger partial charge on any atom is -0.397 e. The summed E-state index contributed by atoms with van der Waals surface area (Å²) < 4.78 is 0. The molecule has 0 atom stereocenters. The van der Waals surface area contributed by atoms with E-state index in [4.69, 9.17) is 34.7 Å². The number of carbonyl (C=O) groups excluding carboxylic acids is 1. The molecule has 0 aliphatic rings. The van der Waals surface area contributed by atoms with Crippen LogP contribution in [0.2, 0.25) is 10.0 Å². The fourth-order valence-electron chi connectivity index (χ4n) is 1.49. The number of rotatable bonds is 3. The van der Waals surface area contributed by atoms with Crippen molar-refractivity contribution in [1.82, 2.24) is 4.98 Å². The molecule has 0 saturated heterocycles. The second-order valence-corrected chi connectivity index (χ2v) is 4.62. The molecule has 1 amide bonds. The largest absolute Gasteiger partial charge is 0.397 e. The van der Waals surface area contributed by atoms with Gasteiger partial charge in [0.05, 0.1) is 28.2 Å². The third-order valence-corrected chi connectivity index (χ3v) is 2.92. The Kier molecular flexibility index (Phi) is 3.78. The summed E-state index contributed by atoms with van der Waals surface area (Å²) in [6.07, 6.45) is 1.41. The van der Waals surface area contributed by atoms with Gasteiger partial charge in [-0.2, -0.15) is 0 Å². The second-order valence-electron chi connectivity index (χ2n) is 3.78.